The van der Waals surface area contributed by atoms with E-state index in [9.17, 15) is 4.79 Å². The molecule has 0 bridgehead atoms. The Morgan fingerprint density at radius 3 is 2.86 bits per heavy atom. The summed E-state index contributed by atoms with van der Waals surface area (Å²) in [4.78, 5) is 28.5. The van der Waals surface area contributed by atoms with Crippen molar-refractivity contribution in [1.29, 1.82) is 0 Å². The zero-order valence-corrected chi connectivity index (χ0v) is 11.9. The van der Waals surface area contributed by atoms with Gasteiger partial charge in [-0.2, -0.15) is 4.98 Å². The lowest BCUT2D eigenvalue weighted by atomic mass is 10.2. The number of nitrogens with zero attached hydrogens (tertiary/aromatic N) is 6. The summed E-state index contributed by atoms with van der Waals surface area (Å²) in [5.41, 5.74) is 0. The highest BCUT2D eigenvalue weighted by Crippen LogP contribution is 2.17. The molecule has 0 aliphatic carbocycles. The fourth-order valence-electron chi connectivity index (χ4n) is 2.45. The van der Waals surface area contributed by atoms with Crippen LogP contribution in [-0.4, -0.2) is 56.6 Å². The topological polar surface area (TPSA) is 88.3 Å². The van der Waals surface area contributed by atoms with E-state index in [2.05, 4.69) is 31.9 Å². The van der Waals surface area contributed by atoms with E-state index in [4.69, 9.17) is 4.52 Å². The molecule has 3 heterocycles. The molecule has 2 aromatic rings. The molecule has 8 nitrogen and oxygen atoms in total. The largest absolute Gasteiger partial charge is 0.349 e. The zero-order valence-electron chi connectivity index (χ0n) is 11.9. The molecule has 1 unspecified atom stereocenters. The fraction of sp³-hybridized carbons (Fsp3) is 0.462. The number of hydrogen-bond donors (Lipinski definition) is 0. The predicted molar refractivity (Wildman–Crippen MR) is 73.8 cm³/mol. The smallest absolute Gasteiger partial charge is 0.295 e. The lowest BCUT2D eigenvalue weighted by Gasteiger charge is -2.39. The van der Waals surface area contributed by atoms with Gasteiger partial charge >= 0.3 is 0 Å². The number of rotatable bonds is 2. The van der Waals surface area contributed by atoms with Gasteiger partial charge in [-0.15, -0.1) is 0 Å². The van der Waals surface area contributed by atoms with Gasteiger partial charge in [0, 0.05) is 45.0 Å². The third-order valence-electron chi connectivity index (χ3n) is 3.48. The first-order valence-electron chi connectivity index (χ1n) is 6.77. The van der Waals surface area contributed by atoms with Gasteiger partial charge in [0.2, 0.25) is 5.89 Å². The van der Waals surface area contributed by atoms with Gasteiger partial charge in [-0.1, -0.05) is 5.16 Å². The van der Waals surface area contributed by atoms with Crippen molar-refractivity contribution in [3.05, 3.63) is 30.3 Å². The van der Waals surface area contributed by atoms with E-state index in [0.717, 1.165) is 5.82 Å². The quantitative estimate of drug-likeness (QED) is 0.795. The molecule has 21 heavy (non-hydrogen) atoms. The number of carbonyl (C=O) groups excluding carboxylic acids is 1. The lowest BCUT2D eigenvalue weighted by molar-refractivity contribution is 0.0710. The summed E-state index contributed by atoms with van der Waals surface area (Å²) >= 11 is 0. The van der Waals surface area contributed by atoms with E-state index in [-0.39, 0.29) is 17.8 Å². The Morgan fingerprint density at radius 1 is 1.38 bits per heavy atom. The first-order valence-corrected chi connectivity index (χ1v) is 6.77. The van der Waals surface area contributed by atoms with Gasteiger partial charge in [-0.3, -0.25) is 9.78 Å². The van der Waals surface area contributed by atoms with Crippen molar-refractivity contribution in [1.82, 2.24) is 25.0 Å². The Hall–Kier alpha value is -2.51. The molecule has 0 aromatic carbocycles. The molecule has 1 aliphatic rings. The SMILES string of the molecule is Cc1nc(C(=O)N2CCN(c3cnccn3)C(C)C2)no1. The molecule has 3 rings (SSSR count). The van der Waals surface area contributed by atoms with Gasteiger partial charge in [0.15, 0.2) is 0 Å². The Kier molecular flexibility index (Phi) is 3.51. The number of aromatic nitrogens is 4. The van der Waals surface area contributed by atoms with E-state index in [0.29, 0.717) is 25.5 Å². The second-order valence-corrected chi connectivity index (χ2v) is 4.99. The number of carbonyl (C=O) groups is 1. The van der Waals surface area contributed by atoms with E-state index >= 15 is 0 Å². The van der Waals surface area contributed by atoms with E-state index < -0.39 is 0 Å². The summed E-state index contributed by atoms with van der Waals surface area (Å²) in [5, 5.41) is 3.68. The number of anilines is 1. The average Bonchev–Trinajstić information content (AvgIpc) is 2.94. The number of aryl methyl sites for hydroxylation is 1. The van der Waals surface area contributed by atoms with Crippen LogP contribution >= 0.6 is 0 Å². The molecule has 0 radical (unpaired) electrons. The van der Waals surface area contributed by atoms with Crippen molar-refractivity contribution >= 4 is 11.7 Å². The summed E-state index contributed by atoms with van der Waals surface area (Å²) in [6.07, 6.45) is 5.05. The van der Waals surface area contributed by atoms with Crippen molar-refractivity contribution in [2.75, 3.05) is 24.5 Å². The predicted octanol–water partition coefficient (Wildman–Crippen LogP) is 0.519. The molecule has 0 saturated carbocycles. The minimum absolute atomic E-state index is 0.118. The highest BCUT2D eigenvalue weighted by atomic mass is 16.5. The molecular weight excluding hydrogens is 272 g/mol. The van der Waals surface area contributed by atoms with Crippen LogP contribution in [0.3, 0.4) is 0 Å². The molecule has 110 valence electrons. The first kappa shape index (κ1) is 13.5. The van der Waals surface area contributed by atoms with Crippen LogP contribution in [0.5, 0.6) is 0 Å². The normalized spacial score (nSPS) is 18.9. The highest BCUT2D eigenvalue weighted by molar-refractivity contribution is 5.90. The second-order valence-electron chi connectivity index (χ2n) is 4.99. The molecule has 1 atom stereocenters. The van der Waals surface area contributed by atoms with E-state index in [1.807, 2.05) is 0 Å². The van der Waals surface area contributed by atoms with Crippen molar-refractivity contribution < 1.29 is 9.32 Å². The molecule has 2 aromatic heterocycles. The third kappa shape index (κ3) is 2.69. The summed E-state index contributed by atoms with van der Waals surface area (Å²) < 4.78 is 4.86. The van der Waals surface area contributed by atoms with Crippen molar-refractivity contribution in [2.24, 2.45) is 0 Å². The molecule has 1 saturated heterocycles. The maximum atomic E-state index is 12.3. The molecular formula is C13H16N6O2. The van der Waals surface area contributed by atoms with Gasteiger partial charge in [0.25, 0.3) is 11.7 Å². The monoisotopic (exact) mass is 288 g/mol. The van der Waals surface area contributed by atoms with Gasteiger partial charge < -0.3 is 14.3 Å². The van der Waals surface area contributed by atoms with E-state index in [1.165, 1.54) is 0 Å². The third-order valence-corrected chi connectivity index (χ3v) is 3.48. The Bertz CT molecular complexity index is 629. The minimum atomic E-state index is -0.197. The number of piperazine rings is 1. The van der Waals surface area contributed by atoms with Crippen LogP contribution in [0.15, 0.2) is 23.1 Å². The van der Waals surface area contributed by atoms with Gasteiger partial charge in [-0.25, -0.2) is 4.98 Å². The van der Waals surface area contributed by atoms with E-state index in [1.54, 1.807) is 30.4 Å². The van der Waals surface area contributed by atoms with Crippen LogP contribution in [0.2, 0.25) is 0 Å². The molecule has 0 N–H and O–H groups in total. The Balaban J connectivity index is 1.69. The molecule has 1 fully saturated rings. The van der Waals surface area contributed by atoms with Crippen LogP contribution in [0.25, 0.3) is 0 Å². The minimum Gasteiger partial charge on any atom is -0.349 e. The van der Waals surface area contributed by atoms with Crippen molar-refractivity contribution in [3.8, 4) is 0 Å². The standard InChI is InChI=1S/C13H16N6O2/c1-9-8-18(13(20)12-16-10(2)21-17-12)5-6-19(9)11-7-14-3-4-15-11/h3-4,7,9H,5-6,8H2,1-2H3. The summed E-state index contributed by atoms with van der Waals surface area (Å²) in [7, 11) is 0. The fourth-order valence-corrected chi connectivity index (χ4v) is 2.45. The maximum absolute atomic E-state index is 12.3. The maximum Gasteiger partial charge on any atom is 0.295 e. The summed E-state index contributed by atoms with van der Waals surface area (Å²) in [5.74, 6) is 1.14. The lowest BCUT2D eigenvalue weighted by Crippen LogP contribution is -2.54. The summed E-state index contributed by atoms with van der Waals surface area (Å²) in [6.45, 7) is 5.59. The first-order chi connectivity index (χ1) is 10.1. The molecule has 1 amide bonds. The molecule has 1 aliphatic heterocycles. The van der Waals surface area contributed by atoms with Crippen molar-refractivity contribution in [3.63, 3.8) is 0 Å². The Morgan fingerprint density at radius 2 is 2.24 bits per heavy atom. The van der Waals surface area contributed by atoms with Crippen LogP contribution in [0, 0.1) is 6.92 Å². The second kappa shape index (κ2) is 5.47. The van der Waals surface area contributed by atoms with Crippen LogP contribution < -0.4 is 4.90 Å². The molecule has 0 spiro atoms. The zero-order chi connectivity index (χ0) is 14.8. The summed E-state index contributed by atoms with van der Waals surface area (Å²) in [6, 6.07) is 0.146. The average molecular weight is 288 g/mol. The van der Waals surface area contributed by atoms with Gasteiger partial charge in [0.1, 0.15) is 5.82 Å². The van der Waals surface area contributed by atoms with Gasteiger partial charge in [-0.05, 0) is 6.92 Å². The number of hydrogen-bond acceptors (Lipinski definition) is 7. The Labute approximate surface area is 121 Å². The molecule has 8 heteroatoms. The highest BCUT2D eigenvalue weighted by Gasteiger charge is 2.30. The number of amides is 1. The van der Waals surface area contributed by atoms with Crippen LogP contribution in [-0.2, 0) is 0 Å². The van der Waals surface area contributed by atoms with Gasteiger partial charge in [0.05, 0.1) is 6.20 Å². The van der Waals surface area contributed by atoms with Crippen LogP contribution in [0.1, 0.15) is 23.4 Å². The van der Waals surface area contributed by atoms with Crippen LogP contribution in [0.4, 0.5) is 5.82 Å². The van der Waals surface area contributed by atoms with Crippen molar-refractivity contribution in [2.45, 2.75) is 19.9 Å².